The Morgan fingerprint density at radius 3 is 2.79 bits per heavy atom. The van der Waals surface area contributed by atoms with E-state index in [1.165, 1.54) is 6.20 Å². The highest BCUT2D eigenvalue weighted by Gasteiger charge is 2.47. The van der Waals surface area contributed by atoms with Crippen LogP contribution in [-0.4, -0.2) is 40.5 Å². The first-order valence-electron chi connectivity index (χ1n) is 5.48. The minimum atomic E-state index is -4.95. The van der Waals surface area contributed by atoms with Crippen LogP contribution in [-0.2, 0) is 9.59 Å². The first-order chi connectivity index (χ1) is 8.89. The van der Waals surface area contributed by atoms with Gasteiger partial charge in [-0.05, 0) is 12.8 Å². The molecule has 2 rings (SSSR count). The number of rotatable bonds is 2. The van der Waals surface area contributed by atoms with Gasteiger partial charge in [-0.15, -0.1) is 11.3 Å². The Labute approximate surface area is 110 Å². The SMILES string of the molecule is O=C(Nc1nccs1)C1CCCN1C(=O)C(F)(F)F. The third-order valence-electron chi connectivity index (χ3n) is 2.72. The fraction of sp³-hybridized carbons (Fsp3) is 0.500. The van der Waals surface area contributed by atoms with Crippen molar-refractivity contribution in [3.05, 3.63) is 11.6 Å². The molecule has 1 fully saturated rings. The van der Waals surface area contributed by atoms with Crippen molar-refractivity contribution in [1.29, 1.82) is 0 Å². The van der Waals surface area contributed by atoms with Gasteiger partial charge in [0.2, 0.25) is 5.91 Å². The summed E-state index contributed by atoms with van der Waals surface area (Å²) in [4.78, 5) is 27.4. The number of anilines is 1. The number of carbonyl (C=O) groups excluding carboxylic acids is 2. The molecule has 0 spiro atoms. The second-order valence-electron chi connectivity index (χ2n) is 3.98. The van der Waals surface area contributed by atoms with E-state index in [1.54, 1.807) is 5.38 Å². The van der Waals surface area contributed by atoms with Gasteiger partial charge in [-0.1, -0.05) is 0 Å². The lowest BCUT2D eigenvalue weighted by Gasteiger charge is -2.24. The maximum atomic E-state index is 12.4. The maximum Gasteiger partial charge on any atom is 0.471 e. The monoisotopic (exact) mass is 293 g/mol. The summed E-state index contributed by atoms with van der Waals surface area (Å²) in [6.45, 7) is -0.0612. The summed E-state index contributed by atoms with van der Waals surface area (Å²) in [5.74, 6) is -2.60. The van der Waals surface area contributed by atoms with Crippen LogP contribution in [0.1, 0.15) is 12.8 Å². The molecule has 2 heterocycles. The van der Waals surface area contributed by atoms with Gasteiger partial charge in [0, 0.05) is 18.1 Å². The average Bonchev–Trinajstić information content (AvgIpc) is 2.96. The molecule has 1 unspecified atom stereocenters. The third-order valence-corrected chi connectivity index (χ3v) is 3.41. The molecule has 1 aliphatic rings. The van der Waals surface area contributed by atoms with Gasteiger partial charge in [0.15, 0.2) is 5.13 Å². The molecule has 9 heteroatoms. The molecule has 2 amide bonds. The molecule has 0 saturated carbocycles. The van der Waals surface area contributed by atoms with E-state index >= 15 is 0 Å². The molecule has 0 aromatic carbocycles. The lowest BCUT2D eigenvalue weighted by molar-refractivity contribution is -0.186. The van der Waals surface area contributed by atoms with Gasteiger partial charge in [0.1, 0.15) is 6.04 Å². The van der Waals surface area contributed by atoms with E-state index in [4.69, 9.17) is 0 Å². The van der Waals surface area contributed by atoms with E-state index in [2.05, 4.69) is 10.3 Å². The molecule has 19 heavy (non-hydrogen) atoms. The Morgan fingerprint density at radius 1 is 1.47 bits per heavy atom. The fourth-order valence-corrected chi connectivity index (χ4v) is 2.45. The Bertz CT molecular complexity index is 475. The molecule has 0 bridgehead atoms. The van der Waals surface area contributed by atoms with E-state index < -0.39 is 24.0 Å². The van der Waals surface area contributed by atoms with Crippen molar-refractivity contribution in [1.82, 2.24) is 9.88 Å². The summed E-state index contributed by atoms with van der Waals surface area (Å²) in [6, 6.07) is -1.09. The van der Waals surface area contributed by atoms with Crippen molar-refractivity contribution in [2.45, 2.75) is 25.1 Å². The summed E-state index contributed by atoms with van der Waals surface area (Å²) in [6.07, 6.45) is -2.89. The highest BCUT2D eigenvalue weighted by Crippen LogP contribution is 2.26. The standard InChI is InChI=1S/C10H10F3N3O2S/c11-10(12,13)8(18)16-4-1-2-6(16)7(17)15-9-14-3-5-19-9/h3,5-6H,1-2,4H2,(H,14,15,17). The molecule has 5 nitrogen and oxygen atoms in total. The zero-order valence-electron chi connectivity index (χ0n) is 9.61. The predicted molar refractivity (Wildman–Crippen MR) is 61.5 cm³/mol. The van der Waals surface area contributed by atoms with Crippen molar-refractivity contribution in [2.75, 3.05) is 11.9 Å². The second kappa shape index (κ2) is 5.16. The van der Waals surface area contributed by atoms with Crippen LogP contribution in [0.5, 0.6) is 0 Å². The van der Waals surface area contributed by atoms with E-state index in [0.29, 0.717) is 16.5 Å². The number of amides is 2. The normalized spacial score (nSPS) is 19.5. The molecule has 1 aromatic rings. The van der Waals surface area contributed by atoms with E-state index in [0.717, 1.165) is 11.3 Å². The Hall–Kier alpha value is -1.64. The van der Waals surface area contributed by atoms with Crippen molar-refractivity contribution in [2.24, 2.45) is 0 Å². The molecule has 1 atom stereocenters. The Morgan fingerprint density at radius 2 is 2.21 bits per heavy atom. The van der Waals surface area contributed by atoms with E-state index in [-0.39, 0.29) is 13.0 Å². The highest BCUT2D eigenvalue weighted by molar-refractivity contribution is 7.13. The zero-order valence-corrected chi connectivity index (χ0v) is 10.4. The second-order valence-corrected chi connectivity index (χ2v) is 4.88. The summed E-state index contributed by atoms with van der Waals surface area (Å²) in [5, 5.41) is 4.34. The first-order valence-corrected chi connectivity index (χ1v) is 6.35. The van der Waals surface area contributed by atoms with Crippen molar-refractivity contribution in [3.8, 4) is 0 Å². The quantitative estimate of drug-likeness (QED) is 0.901. The molecule has 1 saturated heterocycles. The highest BCUT2D eigenvalue weighted by atomic mass is 32.1. The zero-order chi connectivity index (χ0) is 14.0. The first kappa shape index (κ1) is 13.8. The van der Waals surface area contributed by atoms with Crippen LogP contribution in [0.4, 0.5) is 18.3 Å². The minimum Gasteiger partial charge on any atom is -0.323 e. The molecular weight excluding hydrogens is 283 g/mol. The Kier molecular flexibility index (Phi) is 3.74. The summed E-state index contributed by atoms with van der Waals surface area (Å²) < 4.78 is 37.1. The molecular formula is C10H10F3N3O2S. The lowest BCUT2D eigenvalue weighted by atomic mass is 10.2. The number of nitrogens with zero attached hydrogens (tertiary/aromatic N) is 2. The van der Waals surface area contributed by atoms with Crippen molar-refractivity contribution >= 4 is 28.3 Å². The number of thiazole rings is 1. The minimum absolute atomic E-state index is 0.0612. The van der Waals surface area contributed by atoms with Crippen LogP contribution in [0.3, 0.4) is 0 Å². The third kappa shape index (κ3) is 3.03. The van der Waals surface area contributed by atoms with Gasteiger partial charge in [0.25, 0.3) is 0 Å². The van der Waals surface area contributed by atoms with Gasteiger partial charge in [-0.2, -0.15) is 13.2 Å². The summed E-state index contributed by atoms with van der Waals surface area (Å²) in [5.41, 5.74) is 0. The average molecular weight is 293 g/mol. The molecule has 1 aliphatic heterocycles. The fourth-order valence-electron chi connectivity index (χ4n) is 1.92. The number of likely N-dealkylation sites (tertiary alicyclic amines) is 1. The van der Waals surface area contributed by atoms with Crippen molar-refractivity contribution < 1.29 is 22.8 Å². The molecule has 1 aromatic heterocycles. The van der Waals surface area contributed by atoms with Crippen LogP contribution in [0, 0.1) is 0 Å². The number of halogens is 3. The van der Waals surface area contributed by atoms with Crippen LogP contribution in [0.2, 0.25) is 0 Å². The largest absolute Gasteiger partial charge is 0.471 e. The van der Waals surface area contributed by atoms with Crippen molar-refractivity contribution in [3.63, 3.8) is 0 Å². The van der Waals surface area contributed by atoms with E-state index in [9.17, 15) is 22.8 Å². The molecule has 0 radical (unpaired) electrons. The Balaban J connectivity index is 2.06. The molecule has 0 aliphatic carbocycles. The number of carbonyl (C=O) groups is 2. The lowest BCUT2D eigenvalue weighted by Crippen LogP contribution is -2.48. The number of nitrogens with one attached hydrogen (secondary N) is 1. The van der Waals surface area contributed by atoms with Crippen LogP contribution >= 0.6 is 11.3 Å². The van der Waals surface area contributed by atoms with Gasteiger partial charge in [-0.3, -0.25) is 9.59 Å². The van der Waals surface area contributed by atoms with Gasteiger partial charge < -0.3 is 10.2 Å². The van der Waals surface area contributed by atoms with Crippen LogP contribution in [0.15, 0.2) is 11.6 Å². The predicted octanol–water partition coefficient (Wildman–Crippen LogP) is 1.63. The number of alkyl halides is 3. The van der Waals surface area contributed by atoms with Crippen LogP contribution in [0.25, 0.3) is 0 Å². The van der Waals surface area contributed by atoms with Gasteiger partial charge in [-0.25, -0.2) is 4.98 Å². The van der Waals surface area contributed by atoms with E-state index in [1.807, 2.05) is 0 Å². The molecule has 104 valence electrons. The molecule has 1 N–H and O–H groups in total. The number of hydrogen-bond donors (Lipinski definition) is 1. The van der Waals surface area contributed by atoms with Gasteiger partial charge >= 0.3 is 12.1 Å². The topological polar surface area (TPSA) is 62.3 Å². The van der Waals surface area contributed by atoms with Crippen LogP contribution < -0.4 is 5.32 Å². The number of aromatic nitrogens is 1. The summed E-state index contributed by atoms with van der Waals surface area (Å²) >= 11 is 1.16. The number of hydrogen-bond acceptors (Lipinski definition) is 4. The smallest absolute Gasteiger partial charge is 0.323 e. The maximum absolute atomic E-state index is 12.4. The van der Waals surface area contributed by atoms with Gasteiger partial charge in [0.05, 0.1) is 0 Å². The summed E-state index contributed by atoms with van der Waals surface area (Å²) in [7, 11) is 0.